The summed E-state index contributed by atoms with van der Waals surface area (Å²) < 4.78 is 0. The van der Waals surface area contributed by atoms with Gasteiger partial charge in [0.25, 0.3) is 5.91 Å². The number of nitrogens with zero attached hydrogens (tertiary/aromatic N) is 5. The van der Waals surface area contributed by atoms with Crippen LogP contribution in [0.4, 0.5) is 0 Å². The van der Waals surface area contributed by atoms with Gasteiger partial charge in [-0.15, -0.1) is 10.2 Å². The lowest BCUT2D eigenvalue weighted by atomic mass is 10.1. The van der Waals surface area contributed by atoms with E-state index >= 15 is 0 Å². The van der Waals surface area contributed by atoms with Crippen LogP contribution in [0.25, 0.3) is 0 Å². The van der Waals surface area contributed by atoms with Crippen molar-refractivity contribution in [3.63, 3.8) is 0 Å². The molecule has 6 heteroatoms. The second kappa shape index (κ2) is 5.03. The van der Waals surface area contributed by atoms with Crippen LogP contribution in [-0.2, 0) is 6.54 Å². The molecule has 1 aliphatic rings. The molecule has 0 aliphatic heterocycles. The van der Waals surface area contributed by atoms with Gasteiger partial charge in [-0.05, 0) is 35.8 Å². The van der Waals surface area contributed by atoms with Gasteiger partial charge in [-0.2, -0.15) is 4.80 Å². The van der Waals surface area contributed by atoms with Crippen LogP contribution in [0.15, 0.2) is 24.3 Å². The van der Waals surface area contributed by atoms with Crippen LogP contribution in [0.2, 0.25) is 0 Å². The molecule has 0 radical (unpaired) electrons. The third-order valence-corrected chi connectivity index (χ3v) is 3.31. The molecule has 0 spiro atoms. The van der Waals surface area contributed by atoms with Gasteiger partial charge in [0.05, 0.1) is 6.54 Å². The SMILES string of the molecule is CN(C)C(=O)c1cccc(Cn2nnc(C3CC3)n2)c1. The minimum atomic E-state index is -0.00271. The standard InChI is InChI=1S/C14H17N5O/c1-18(2)14(20)12-5-3-4-10(8-12)9-19-16-13(15-17-19)11-6-7-11/h3-5,8,11H,6-7,9H2,1-2H3. The Morgan fingerprint density at radius 3 is 2.90 bits per heavy atom. The zero-order chi connectivity index (χ0) is 14.1. The summed E-state index contributed by atoms with van der Waals surface area (Å²) >= 11 is 0. The number of aromatic nitrogens is 4. The second-order valence-electron chi connectivity index (χ2n) is 5.35. The van der Waals surface area contributed by atoms with Crippen molar-refractivity contribution in [1.82, 2.24) is 25.1 Å². The normalized spacial score (nSPS) is 14.3. The van der Waals surface area contributed by atoms with E-state index in [0.29, 0.717) is 18.0 Å². The number of benzene rings is 1. The lowest BCUT2D eigenvalue weighted by Gasteiger charge is -2.10. The Balaban J connectivity index is 1.76. The number of amides is 1. The van der Waals surface area contributed by atoms with Gasteiger partial charge < -0.3 is 4.90 Å². The predicted octanol–water partition coefficient (Wildman–Crippen LogP) is 1.30. The van der Waals surface area contributed by atoms with E-state index in [9.17, 15) is 4.79 Å². The zero-order valence-electron chi connectivity index (χ0n) is 11.7. The molecule has 20 heavy (non-hydrogen) atoms. The first-order chi connectivity index (χ1) is 9.63. The summed E-state index contributed by atoms with van der Waals surface area (Å²) in [6, 6.07) is 7.54. The van der Waals surface area contributed by atoms with Crippen LogP contribution < -0.4 is 0 Å². The van der Waals surface area contributed by atoms with Gasteiger partial charge in [-0.1, -0.05) is 12.1 Å². The molecule has 1 saturated carbocycles. The van der Waals surface area contributed by atoms with E-state index in [4.69, 9.17) is 0 Å². The van der Waals surface area contributed by atoms with Crippen molar-refractivity contribution < 1.29 is 4.79 Å². The monoisotopic (exact) mass is 271 g/mol. The molecule has 0 N–H and O–H groups in total. The highest BCUT2D eigenvalue weighted by Gasteiger charge is 2.28. The van der Waals surface area contributed by atoms with Crippen molar-refractivity contribution in [3.8, 4) is 0 Å². The maximum absolute atomic E-state index is 11.9. The molecule has 0 bridgehead atoms. The highest BCUT2D eigenvalue weighted by molar-refractivity contribution is 5.94. The average molecular weight is 271 g/mol. The third-order valence-electron chi connectivity index (χ3n) is 3.31. The summed E-state index contributed by atoms with van der Waals surface area (Å²) in [5, 5.41) is 12.5. The summed E-state index contributed by atoms with van der Waals surface area (Å²) in [4.78, 5) is 15.1. The number of rotatable bonds is 4. The van der Waals surface area contributed by atoms with Crippen LogP contribution in [0, 0.1) is 0 Å². The lowest BCUT2D eigenvalue weighted by molar-refractivity contribution is 0.0827. The van der Waals surface area contributed by atoms with E-state index in [1.54, 1.807) is 23.8 Å². The Labute approximate surface area is 117 Å². The van der Waals surface area contributed by atoms with E-state index in [0.717, 1.165) is 11.4 Å². The molecule has 1 aliphatic carbocycles. The number of carbonyl (C=O) groups excluding carboxylic acids is 1. The average Bonchev–Trinajstić information content (AvgIpc) is 3.19. The Bertz CT molecular complexity index is 630. The summed E-state index contributed by atoms with van der Waals surface area (Å²) in [6.45, 7) is 0.536. The molecule has 3 rings (SSSR count). The topological polar surface area (TPSA) is 63.9 Å². The van der Waals surface area contributed by atoms with Crippen molar-refractivity contribution in [2.45, 2.75) is 25.3 Å². The minimum absolute atomic E-state index is 0.00271. The number of hydrogen-bond acceptors (Lipinski definition) is 4. The fraction of sp³-hybridized carbons (Fsp3) is 0.429. The van der Waals surface area contributed by atoms with Gasteiger partial charge in [-0.25, -0.2) is 0 Å². The molecule has 0 unspecified atom stereocenters. The van der Waals surface area contributed by atoms with Crippen LogP contribution in [0.1, 0.15) is 40.5 Å². The molecule has 1 heterocycles. The number of hydrogen-bond donors (Lipinski definition) is 0. The first kappa shape index (κ1) is 12.8. The van der Waals surface area contributed by atoms with Crippen LogP contribution in [0.3, 0.4) is 0 Å². The van der Waals surface area contributed by atoms with Crippen molar-refractivity contribution in [3.05, 3.63) is 41.2 Å². The highest BCUT2D eigenvalue weighted by atomic mass is 16.2. The fourth-order valence-corrected chi connectivity index (χ4v) is 2.05. The van der Waals surface area contributed by atoms with Crippen molar-refractivity contribution in [1.29, 1.82) is 0 Å². The molecule has 0 atom stereocenters. The molecular weight excluding hydrogens is 254 g/mol. The smallest absolute Gasteiger partial charge is 0.253 e. The largest absolute Gasteiger partial charge is 0.345 e. The Morgan fingerprint density at radius 1 is 1.40 bits per heavy atom. The van der Waals surface area contributed by atoms with E-state index in [-0.39, 0.29) is 5.91 Å². The number of tetrazole rings is 1. The van der Waals surface area contributed by atoms with Gasteiger partial charge >= 0.3 is 0 Å². The Kier molecular flexibility index (Phi) is 3.22. The maximum Gasteiger partial charge on any atom is 0.253 e. The molecule has 1 aromatic carbocycles. The van der Waals surface area contributed by atoms with Gasteiger partial charge in [-0.3, -0.25) is 4.79 Å². The number of carbonyl (C=O) groups is 1. The van der Waals surface area contributed by atoms with Crippen LogP contribution >= 0.6 is 0 Å². The molecular formula is C14H17N5O. The first-order valence-corrected chi connectivity index (χ1v) is 6.72. The third kappa shape index (κ3) is 2.68. The van der Waals surface area contributed by atoms with E-state index in [2.05, 4.69) is 15.4 Å². The van der Waals surface area contributed by atoms with Crippen LogP contribution in [-0.4, -0.2) is 45.1 Å². The lowest BCUT2D eigenvalue weighted by Crippen LogP contribution is -2.21. The minimum Gasteiger partial charge on any atom is -0.345 e. The van der Waals surface area contributed by atoms with E-state index in [1.807, 2.05) is 24.3 Å². The second-order valence-corrected chi connectivity index (χ2v) is 5.35. The quantitative estimate of drug-likeness (QED) is 0.841. The van der Waals surface area contributed by atoms with Crippen LogP contribution in [0.5, 0.6) is 0 Å². The summed E-state index contributed by atoms with van der Waals surface area (Å²) in [7, 11) is 3.49. The predicted molar refractivity (Wildman–Crippen MR) is 73.4 cm³/mol. The molecule has 6 nitrogen and oxygen atoms in total. The van der Waals surface area contributed by atoms with Gasteiger partial charge in [0.15, 0.2) is 5.82 Å². The summed E-state index contributed by atoms with van der Waals surface area (Å²) in [6.07, 6.45) is 2.33. The Hall–Kier alpha value is -2.24. The van der Waals surface area contributed by atoms with Gasteiger partial charge in [0, 0.05) is 25.6 Å². The maximum atomic E-state index is 11.9. The van der Waals surface area contributed by atoms with Gasteiger partial charge in [0.2, 0.25) is 0 Å². The molecule has 2 aromatic rings. The molecule has 0 saturated heterocycles. The van der Waals surface area contributed by atoms with Crippen molar-refractivity contribution >= 4 is 5.91 Å². The summed E-state index contributed by atoms with van der Waals surface area (Å²) in [5.41, 5.74) is 1.67. The molecule has 1 aromatic heterocycles. The zero-order valence-corrected chi connectivity index (χ0v) is 11.7. The van der Waals surface area contributed by atoms with E-state index < -0.39 is 0 Å². The van der Waals surface area contributed by atoms with Crippen molar-refractivity contribution in [2.75, 3.05) is 14.1 Å². The molecule has 1 fully saturated rings. The molecule has 1 amide bonds. The molecule has 104 valence electrons. The van der Waals surface area contributed by atoms with Crippen molar-refractivity contribution in [2.24, 2.45) is 0 Å². The Morgan fingerprint density at radius 2 is 2.20 bits per heavy atom. The fourth-order valence-electron chi connectivity index (χ4n) is 2.05. The van der Waals surface area contributed by atoms with E-state index in [1.165, 1.54) is 12.8 Å². The first-order valence-electron chi connectivity index (χ1n) is 6.72. The summed E-state index contributed by atoms with van der Waals surface area (Å²) in [5.74, 6) is 1.34. The highest BCUT2D eigenvalue weighted by Crippen LogP contribution is 2.37. The van der Waals surface area contributed by atoms with Gasteiger partial charge in [0.1, 0.15) is 0 Å².